The van der Waals surface area contributed by atoms with Crippen LogP contribution in [0, 0.1) is 0 Å². The van der Waals surface area contributed by atoms with Gasteiger partial charge in [-0.1, -0.05) is 6.07 Å². The first-order valence-corrected chi connectivity index (χ1v) is 6.55. The van der Waals surface area contributed by atoms with Crippen molar-refractivity contribution in [3.05, 3.63) is 29.3 Å². The zero-order valence-corrected chi connectivity index (χ0v) is 12.0. The summed E-state index contributed by atoms with van der Waals surface area (Å²) in [7, 11) is 1.55. The van der Waals surface area contributed by atoms with E-state index in [9.17, 15) is 13.2 Å². The first kappa shape index (κ1) is 17.7. The molecule has 0 heterocycles. The third-order valence-corrected chi connectivity index (χ3v) is 2.64. The molecule has 0 saturated carbocycles. The van der Waals surface area contributed by atoms with Crippen LogP contribution >= 0.6 is 0 Å². The van der Waals surface area contributed by atoms with Crippen molar-refractivity contribution >= 4 is 0 Å². The molecule has 0 amide bonds. The molecule has 2 N–H and O–H groups in total. The molecule has 120 valence electrons. The summed E-state index contributed by atoms with van der Waals surface area (Å²) in [5.41, 5.74) is -0.336. The number of nitrogens with one attached hydrogen (secondary N) is 1. The Morgan fingerprint density at radius 3 is 2.62 bits per heavy atom. The van der Waals surface area contributed by atoms with Gasteiger partial charge in [0.1, 0.15) is 12.4 Å². The molecule has 21 heavy (non-hydrogen) atoms. The molecule has 1 atom stereocenters. The predicted molar refractivity (Wildman–Crippen MR) is 72.2 cm³/mol. The fraction of sp³-hybridized carbons (Fsp3) is 0.571. The Labute approximate surface area is 121 Å². The number of halogens is 3. The number of hydrogen-bond donors (Lipinski definition) is 2. The first-order valence-electron chi connectivity index (χ1n) is 6.55. The summed E-state index contributed by atoms with van der Waals surface area (Å²) in [5.74, 6) is -0.274. The maximum atomic E-state index is 13.0. The van der Waals surface area contributed by atoms with Crippen molar-refractivity contribution in [1.29, 1.82) is 0 Å². The molecule has 1 aromatic rings. The van der Waals surface area contributed by atoms with Crippen LogP contribution in [-0.2, 0) is 17.5 Å². The van der Waals surface area contributed by atoms with Crippen LogP contribution in [0.5, 0.6) is 5.75 Å². The van der Waals surface area contributed by atoms with E-state index in [-0.39, 0.29) is 12.4 Å². The van der Waals surface area contributed by atoms with E-state index < -0.39 is 17.8 Å². The number of methoxy groups -OCH3 is 1. The Bertz CT molecular complexity index is 436. The number of aliphatic hydroxyl groups excluding tert-OH is 1. The summed E-state index contributed by atoms with van der Waals surface area (Å²) in [4.78, 5) is 0. The normalized spacial score (nSPS) is 13.2. The minimum Gasteiger partial charge on any atom is -0.490 e. The second-order valence-electron chi connectivity index (χ2n) is 4.66. The van der Waals surface area contributed by atoms with Crippen molar-refractivity contribution in [2.45, 2.75) is 25.7 Å². The Morgan fingerprint density at radius 1 is 1.33 bits per heavy atom. The zero-order valence-electron chi connectivity index (χ0n) is 12.0. The van der Waals surface area contributed by atoms with Gasteiger partial charge in [-0.15, -0.1) is 0 Å². The Balaban J connectivity index is 2.81. The van der Waals surface area contributed by atoms with Crippen LogP contribution in [0.2, 0.25) is 0 Å². The molecule has 1 aromatic carbocycles. The van der Waals surface area contributed by atoms with Gasteiger partial charge in [0.25, 0.3) is 0 Å². The van der Waals surface area contributed by atoms with Gasteiger partial charge in [-0.05, 0) is 24.6 Å². The monoisotopic (exact) mass is 307 g/mol. The minimum atomic E-state index is -4.50. The van der Waals surface area contributed by atoms with Crippen LogP contribution in [0.1, 0.15) is 18.1 Å². The lowest BCUT2D eigenvalue weighted by atomic mass is 10.1. The standard InChI is InChI=1S/C14H20F3NO3/c1-10(19)9-21-13-4-3-11(8-18-5-6-20-2)7-12(13)14(15,16)17/h3-4,7,10,18-19H,5-6,8-9H2,1-2H3. The van der Waals surface area contributed by atoms with E-state index in [1.807, 2.05) is 0 Å². The van der Waals surface area contributed by atoms with Crippen LogP contribution in [0.15, 0.2) is 18.2 Å². The van der Waals surface area contributed by atoms with Gasteiger partial charge in [0.2, 0.25) is 0 Å². The van der Waals surface area contributed by atoms with E-state index in [1.165, 1.54) is 13.0 Å². The van der Waals surface area contributed by atoms with Crippen molar-refractivity contribution in [2.75, 3.05) is 26.9 Å². The molecule has 0 saturated heterocycles. The molecule has 0 aliphatic heterocycles. The molecule has 0 bridgehead atoms. The van der Waals surface area contributed by atoms with Crippen molar-refractivity contribution in [3.8, 4) is 5.75 Å². The van der Waals surface area contributed by atoms with Crippen LogP contribution in [0.3, 0.4) is 0 Å². The molecular formula is C14H20F3NO3. The number of rotatable bonds is 8. The average molecular weight is 307 g/mol. The first-order chi connectivity index (χ1) is 9.84. The molecular weight excluding hydrogens is 287 g/mol. The number of benzene rings is 1. The second-order valence-corrected chi connectivity index (χ2v) is 4.66. The number of aliphatic hydroxyl groups is 1. The molecule has 1 unspecified atom stereocenters. The van der Waals surface area contributed by atoms with Gasteiger partial charge in [0.05, 0.1) is 18.3 Å². The van der Waals surface area contributed by atoms with Crippen molar-refractivity contribution < 1.29 is 27.8 Å². The fourth-order valence-corrected chi connectivity index (χ4v) is 1.65. The quantitative estimate of drug-likeness (QED) is 0.723. The highest BCUT2D eigenvalue weighted by molar-refractivity contribution is 5.39. The smallest absolute Gasteiger partial charge is 0.419 e. The molecule has 0 spiro atoms. The maximum absolute atomic E-state index is 13.0. The molecule has 1 rings (SSSR count). The lowest BCUT2D eigenvalue weighted by Crippen LogP contribution is -2.19. The third-order valence-electron chi connectivity index (χ3n) is 2.64. The minimum absolute atomic E-state index is 0.186. The summed E-state index contributed by atoms with van der Waals surface area (Å²) in [6.45, 7) is 2.61. The van der Waals surface area contributed by atoms with Crippen LogP contribution in [-0.4, -0.2) is 38.1 Å². The highest BCUT2D eigenvalue weighted by atomic mass is 19.4. The number of alkyl halides is 3. The summed E-state index contributed by atoms with van der Waals surface area (Å²) >= 11 is 0. The number of hydrogen-bond acceptors (Lipinski definition) is 4. The molecule has 7 heteroatoms. The maximum Gasteiger partial charge on any atom is 0.419 e. The van der Waals surface area contributed by atoms with Crippen LogP contribution < -0.4 is 10.1 Å². The Morgan fingerprint density at radius 2 is 2.05 bits per heavy atom. The summed E-state index contributed by atoms with van der Waals surface area (Å²) in [5, 5.41) is 12.1. The van der Waals surface area contributed by atoms with Crippen LogP contribution in [0.4, 0.5) is 13.2 Å². The van der Waals surface area contributed by atoms with Gasteiger partial charge in [-0.25, -0.2) is 0 Å². The van der Waals surface area contributed by atoms with Crippen LogP contribution in [0.25, 0.3) is 0 Å². The average Bonchev–Trinajstić information content (AvgIpc) is 2.41. The molecule has 0 aliphatic rings. The molecule has 0 aliphatic carbocycles. The van der Waals surface area contributed by atoms with Crippen molar-refractivity contribution in [1.82, 2.24) is 5.32 Å². The fourth-order valence-electron chi connectivity index (χ4n) is 1.65. The summed E-state index contributed by atoms with van der Waals surface area (Å²) in [6, 6.07) is 3.89. The van der Waals surface area contributed by atoms with Gasteiger partial charge in [-0.3, -0.25) is 0 Å². The van der Waals surface area contributed by atoms with Gasteiger partial charge >= 0.3 is 6.18 Å². The van der Waals surface area contributed by atoms with Crippen molar-refractivity contribution in [2.24, 2.45) is 0 Å². The van der Waals surface area contributed by atoms with Gasteiger partial charge in [0.15, 0.2) is 0 Å². The van der Waals surface area contributed by atoms with E-state index >= 15 is 0 Å². The highest BCUT2D eigenvalue weighted by Crippen LogP contribution is 2.36. The van der Waals surface area contributed by atoms with E-state index in [0.717, 1.165) is 6.07 Å². The van der Waals surface area contributed by atoms with E-state index in [1.54, 1.807) is 13.2 Å². The topological polar surface area (TPSA) is 50.7 Å². The number of ether oxygens (including phenoxy) is 2. The zero-order chi connectivity index (χ0) is 15.9. The van der Waals surface area contributed by atoms with Gasteiger partial charge in [-0.2, -0.15) is 13.2 Å². The van der Waals surface area contributed by atoms with E-state index in [0.29, 0.717) is 25.3 Å². The molecule has 0 aromatic heterocycles. The second kappa shape index (κ2) is 8.21. The highest BCUT2D eigenvalue weighted by Gasteiger charge is 2.34. The third kappa shape index (κ3) is 6.33. The van der Waals surface area contributed by atoms with E-state index in [2.05, 4.69) is 5.32 Å². The van der Waals surface area contributed by atoms with Gasteiger partial charge in [0, 0.05) is 20.2 Å². The molecule has 0 fully saturated rings. The largest absolute Gasteiger partial charge is 0.490 e. The lowest BCUT2D eigenvalue weighted by molar-refractivity contribution is -0.139. The van der Waals surface area contributed by atoms with Gasteiger partial charge < -0.3 is 19.9 Å². The predicted octanol–water partition coefficient (Wildman–Crippen LogP) is 2.20. The lowest BCUT2D eigenvalue weighted by Gasteiger charge is -2.16. The summed E-state index contributed by atoms with van der Waals surface area (Å²) in [6.07, 6.45) is -5.34. The van der Waals surface area contributed by atoms with Crippen molar-refractivity contribution in [3.63, 3.8) is 0 Å². The SMILES string of the molecule is COCCNCc1ccc(OCC(C)O)c(C(F)(F)F)c1. The molecule has 0 radical (unpaired) electrons. The summed E-state index contributed by atoms with van der Waals surface area (Å²) < 4.78 is 48.9. The Kier molecular flexibility index (Phi) is 6.94. The molecule has 4 nitrogen and oxygen atoms in total. The van der Waals surface area contributed by atoms with E-state index in [4.69, 9.17) is 14.6 Å². The Hall–Kier alpha value is -1.31.